The van der Waals surface area contributed by atoms with Gasteiger partial charge >= 0.3 is 5.63 Å². The molecule has 0 fully saturated rings. The molecule has 0 saturated carbocycles. The van der Waals surface area contributed by atoms with E-state index in [4.69, 9.17) is 4.42 Å². The van der Waals surface area contributed by atoms with Crippen LogP contribution >= 0.6 is 0 Å². The molecule has 4 aromatic rings. The number of carbonyl (C=O) groups excluding carboxylic acids is 1. The highest BCUT2D eigenvalue weighted by Crippen LogP contribution is 2.41. The average molecular weight is 401 g/mol. The molecule has 6 nitrogen and oxygen atoms in total. The van der Waals surface area contributed by atoms with Crippen LogP contribution in [0.2, 0.25) is 0 Å². The standard InChI is InChI=1S/C24H19NO5/c1-14-12-19(28)30-23-20(14)17(26)13-18(27)21(23)22(15-8-4-2-5-9-15)25-24(29)16-10-6-3-7-11-16/h2-13,22,26-27H,1H3,(H,25,29). The molecule has 0 radical (unpaired) electrons. The van der Waals surface area contributed by atoms with E-state index in [0.717, 1.165) is 0 Å². The molecule has 4 rings (SSSR count). The van der Waals surface area contributed by atoms with Crippen molar-refractivity contribution in [2.24, 2.45) is 0 Å². The van der Waals surface area contributed by atoms with E-state index in [1.54, 1.807) is 55.5 Å². The van der Waals surface area contributed by atoms with Gasteiger partial charge in [0.2, 0.25) is 0 Å². The molecule has 0 bridgehead atoms. The van der Waals surface area contributed by atoms with Crippen molar-refractivity contribution in [1.29, 1.82) is 0 Å². The summed E-state index contributed by atoms with van der Waals surface area (Å²) in [6, 6.07) is 19.3. The Kier molecular flexibility index (Phi) is 4.98. The highest BCUT2D eigenvalue weighted by atomic mass is 16.4. The Bertz CT molecular complexity index is 1280. The number of phenolic OH excluding ortho intramolecular Hbond substituents is 2. The Morgan fingerprint density at radius 2 is 1.57 bits per heavy atom. The first kappa shape index (κ1) is 19.3. The highest BCUT2D eigenvalue weighted by molar-refractivity contribution is 5.96. The van der Waals surface area contributed by atoms with Crippen molar-refractivity contribution in [3.05, 3.63) is 105 Å². The van der Waals surface area contributed by atoms with E-state index in [2.05, 4.69) is 5.32 Å². The molecule has 150 valence electrons. The monoisotopic (exact) mass is 401 g/mol. The average Bonchev–Trinajstić information content (AvgIpc) is 2.73. The number of carbonyl (C=O) groups is 1. The first-order chi connectivity index (χ1) is 14.5. The number of rotatable bonds is 4. The molecule has 6 heteroatoms. The number of hydrogen-bond acceptors (Lipinski definition) is 5. The van der Waals surface area contributed by atoms with Gasteiger partial charge in [-0.15, -0.1) is 0 Å². The fourth-order valence-corrected chi connectivity index (χ4v) is 3.56. The first-order valence-corrected chi connectivity index (χ1v) is 9.36. The minimum absolute atomic E-state index is 0.0275. The molecule has 1 unspecified atom stereocenters. The van der Waals surface area contributed by atoms with Crippen molar-refractivity contribution in [3.63, 3.8) is 0 Å². The van der Waals surface area contributed by atoms with Gasteiger partial charge in [-0.1, -0.05) is 48.5 Å². The normalized spacial score (nSPS) is 11.9. The lowest BCUT2D eigenvalue weighted by Crippen LogP contribution is -2.29. The van der Waals surface area contributed by atoms with E-state index >= 15 is 0 Å². The predicted molar refractivity (Wildman–Crippen MR) is 113 cm³/mol. The van der Waals surface area contributed by atoms with Gasteiger partial charge in [-0.2, -0.15) is 0 Å². The first-order valence-electron chi connectivity index (χ1n) is 9.36. The van der Waals surface area contributed by atoms with Crippen molar-refractivity contribution >= 4 is 16.9 Å². The third-order valence-electron chi connectivity index (χ3n) is 4.94. The number of aromatic hydroxyl groups is 2. The largest absolute Gasteiger partial charge is 0.507 e. The SMILES string of the molecule is Cc1cc(=O)oc2c(C(NC(=O)c3ccccc3)c3ccccc3)c(O)cc(O)c12. The summed E-state index contributed by atoms with van der Waals surface area (Å²) < 4.78 is 5.40. The summed E-state index contributed by atoms with van der Waals surface area (Å²) in [6.45, 7) is 1.67. The van der Waals surface area contributed by atoms with E-state index in [-0.39, 0.29) is 28.6 Å². The molecule has 3 N–H and O–H groups in total. The molecule has 30 heavy (non-hydrogen) atoms. The second-order valence-corrected chi connectivity index (χ2v) is 6.96. The summed E-state index contributed by atoms with van der Waals surface area (Å²) in [5.41, 5.74) is 1.22. The Balaban J connectivity index is 1.95. The van der Waals surface area contributed by atoms with E-state index in [1.165, 1.54) is 12.1 Å². The van der Waals surface area contributed by atoms with Crippen molar-refractivity contribution in [3.8, 4) is 11.5 Å². The van der Waals surface area contributed by atoms with Crippen molar-refractivity contribution < 1.29 is 19.4 Å². The number of nitrogens with one attached hydrogen (secondary N) is 1. The fraction of sp³-hybridized carbons (Fsp3) is 0.0833. The zero-order chi connectivity index (χ0) is 21.3. The molecule has 1 atom stereocenters. The number of phenols is 2. The molecule has 0 aliphatic carbocycles. The van der Waals surface area contributed by atoms with Crippen LogP contribution in [0, 0.1) is 6.92 Å². The molecule has 3 aromatic carbocycles. The lowest BCUT2D eigenvalue weighted by molar-refractivity contribution is 0.0943. The van der Waals surface area contributed by atoms with Crippen LogP contribution in [0.4, 0.5) is 0 Å². The molecule has 0 aliphatic heterocycles. The quantitative estimate of drug-likeness (QED) is 0.448. The molecule has 0 saturated heterocycles. The van der Waals surface area contributed by atoms with Gasteiger partial charge in [-0.25, -0.2) is 4.79 Å². The summed E-state index contributed by atoms with van der Waals surface area (Å²) >= 11 is 0. The number of aryl methyl sites for hydroxylation is 1. The number of fused-ring (bicyclic) bond motifs is 1. The van der Waals surface area contributed by atoms with E-state index in [0.29, 0.717) is 22.1 Å². The van der Waals surface area contributed by atoms with Gasteiger partial charge in [0.15, 0.2) is 5.58 Å². The second-order valence-electron chi connectivity index (χ2n) is 6.96. The molecular formula is C24H19NO5. The van der Waals surface area contributed by atoms with Crippen LogP contribution in [0.15, 0.2) is 82.0 Å². The molecule has 0 aliphatic rings. The molecule has 1 amide bonds. The third kappa shape index (κ3) is 3.51. The van der Waals surface area contributed by atoms with E-state index in [1.807, 2.05) is 12.1 Å². The van der Waals surface area contributed by atoms with Crippen LogP contribution in [0.5, 0.6) is 11.5 Å². The van der Waals surface area contributed by atoms with Gasteiger partial charge < -0.3 is 19.9 Å². The maximum absolute atomic E-state index is 12.9. The van der Waals surface area contributed by atoms with Crippen LogP contribution in [0.1, 0.15) is 33.1 Å². The Morgan fingerprint density at radius 3 is 2.23 bits per heavy atom. The third-order valence-corrected chi connectivity index (χ3v) is 4.94. The van der Waals surface area contributed by atoms with Gasteiger partial charge in [0, 0.05) is 17.7 Å². The summed E-state index contributed by atoms with van der Waals surface area (Å²) in [7, 11) is 0. The second kappa shape index (κ2) is 7.75. The van der Waals surface area contributed by atoms with Crippen molar-refractivity contribution in [1.82, 2.24) is 5.32 Å². The van der Waals surface area contributed by atoms with Gasteiger partial charge in [0.1, 0.15) is 11.5 Å². The Hall–Kier alpha value is -4.06. The van der Waals surface area contributed by atoms with Crippen LogP contribution < -0.4 is 10.9 Å². The summed E-state index contributed by atoms with van der Waals surface area (Å²) in [4.78, 5) is 25.0. The number of benzene rings is 3. The van der Waals surface area contributed by atoms with E-state index < -0.39 is 11.7 Å². The number of hydrogen-bond donors (Lipinski definition) is 3. The van der Waals surface area contributed by atoms with Gasteiger partial charge in [0.25, 0.3) is 5.91 Å². The minimum Gasteiger partial charge on any atom is -0.507 e. The van der Waals surface area contributed by atoms with Crippen LogP contribution in [-0.2, 0) is 0 Å². The van der Waals surface area contributed by atoms with Crippen molar-refractivity contribution in [2.75, 3.05) is 0 Å². The summed E-state index contributed by atoms with van der Waals surface area (Å²) in [5.74, 6) is -0.871. The van der Waals surface area contributed by atoms with Gasteiger partial charge in [-0.05, 0) is 30.2 Å². The van der Waals surface area contributed by atoms with Crippen molar-refractivity contribution in [2.45, 2.75) is 13.0 Å². The molecular weight excluding hydrogens is 382 g/mol. The zero-order valence-corrected chi connectivity index (χ0v) is 16.1. The highest BCUT2D eigenvalue weighted by Gasteiger charge is 2.27. The maximum atomic E-state index is 12.9. The lowest BCUT2D eigenvalue weighted by Gasteiger charge is -2.22. The molecule has 1 heterocycles. The summed E-state index contributed by atoms with van der Waals surface area (Å²) in [5, 5.41) is 24.3. The Morgan fingerprint density at radius 1 is 0.933 bits per heavy atom. The molecule has 1 aromatic heterocycles. The minimum atomic E-state index is -0.827. The van der Waals surface area contributed by atoms with E-state index in [9.17, 15) is 19.8 Å². The number of amides is 1. The predicted octanol–water partition coefficient (Wildman–Crippen LogP) is 4.03. The fourth-order valence-electron chi connectivity index (χ4n) is 3.56. The maximum Gasteiger partial charge on any atom is 0.336 e. The van der Waals surface area contributed by atoms with Gasteiger partial charge in [0.05, 0.1) is 17.0 Å². The Labute approximate surface area is 172 Å². The van der Waals surface area contributed by atoms with Gasteiger partial charge in [-0.3, -0.25) is 4.79 Å². The topological polar surface area (TPSA) is 99.8 Å². The summed E-state index contributed by atoms with van der Waals surface area (Å²) in [6.07, 6.45) is 0. The zero-order valence-electron chi connectivity index (χ0n) is 16.1. The molecule has 0 spiro atoms. The van der Waals surface area contributed by atoms with Crippen LogP contribution in [0.3, 0.4) is 0 Å². The van der Waals surface area contributed by atoms with Crippen LogP contribution in [-0.4, -0.2) is 16.1 Å². The van der Waals surface area contributed by atoms with Crippen LogP contribution in [0.25, 0.3) is 11.0 Å². The lowest BCUT2D eigenvalue weighted by atomic mass is 9.94. The smallest absolute Gasteiger partial charge is 0.336 e.